The van der Waals surface area contributed by atoms with Crippen molar-refractivity contribution in [1.29, 1.82) is 0 Å². The van der Waals surface area contributed by atoms with Crippen LogP contribution in [0.5, 0.6) is 0 Å². The summed E-state index contributed by atoms with van der Waals surface area (Å²) in [6.07, 6.45) is 1.73. The zero-order valence-corrected chi connectivity index (χ0v) is 10.5. The van der Waals surface area contributed by atoms with E-state index in [2.05, 4.69) is 3.74 Å². The first-order chi connectivity index (χ1) is 7.74. The lowest BCUT2D eigenvalue weighted by Gasteiger charge is -1.92. The molecule has 1 aromatic rings. The van der Waals surface area contributed by atoms with Gasteiger partial charge in [0.05, 0.1) is 16.8 Å². The van der Waals surface area contributed by atoms with E-state index in [1.807, 2.05) is 13.8 Å². The Morgan fingerprint density at radius 1 is 1.38 bits per heavy atom. The maximum absolute atomic E-state index is 10.3. The molecule has 0 amide bonds. The van der Waals surface area contributed by atoms with E-state index in [1.54, 1.807) is 23.6 Å². The predicted molar refractivity (Wildman–Crippen MR) is 68.0 cm³/mol. The molecule has 16 heavy (non-hydrogen) atoms. The van der Waals surface area contributed by atoms with Crippen LogP contribution in [0.25, 0.3) is 6.08 Å². The summed E-state index contributed by atoms with van der Waals surface area (Å²) in [7, 11) is 0. The Morgan fingerprint density at radius 3 is 2.38 bits per heavy atom. The first-order valence-corrected chi connectivity index (χ1v) is 5.70. The number of nitro benzene ring substituents is 1. The van der Waals surface area contributed by atoms with Gasteiger partial charge < -0.3 is 0 Å². The molecular formula is C10H12ClNO3S. The van der Waals surface area contributed by atoms with Crippen LogP contribution in [0.1, 0.15) is 19.4 Å². The average Bonchev–Trinajstić information content (AvgIpc) is 2.33. The van der Waals surface area contributed by atoms with Crippen molar-refractivity contribution in [2.24, 2.45) is 0 Å². The molecule has 88 valence electrons. The molecule has 0 heterocycles. The van der Waals surface area contributed by atoms with E-state index < -0.39 is 4.92 Å². The fraction of sp³-hybridized carbons (Fsp3) is 0.200. The molecule has 0 radical (unpaired) electrons. The zero-order chi connectivity index (χ0) is 12.4. The smallest absolute Gasteiger partial charge is 0.258 e. The minimum Gasteiger partial charge on any atom is -0.258 e. The van der Waals surface area contributed by atoms with Crippen LogP contribution in [-0.4, -0.2) is 4.92 Å². The predicted octanol–water partition coefficient (Wildman–Crippen LogP) is 4.41. The molecule has 0 fully saturated rings. The van der Waals surface area contributed by atoms with Gasteiger partial charge in [0.2, 0.25) is 0 Å². The van der Waals surface area contributed by atoms with E-state index in [4.69, 9.17) is 11.9 Å². The fourth-order valence-electron chi connectivity index (χ4n) is 0.834. The third kappa shape index (κ3) is 5.75. The van der Waals surface area contributed by atoms with Crippen molar-refractivity contribution in [3.8, 4) is 0 Å². The van der Waals surface area contributed by atoms with E-state index in [-0.39, 0.29) is 5.69 Å². The average molecular weight is 262 g/mol. The Kier molecular flexibility index (Phi) is 8.61. The molecule has 0 N–H and O–H groups in total. The third-order valence-electron chi connectivity index (χ3n) is 1.46. The fourth-order valence-corrected chi connectivity index (χ4v) is 1.22. The summed E-state index contributed by atoms with van der Waals surface area (Å²) in [6, 6.07) is 6.16. The second-order valence-corrected chi connectivity index (χ2v) is 3.28. The van der Waals surface area contributed by atoms with Crippen LogP contribution in [0.3, 0.4) is 0 Å². The van der Waals surface area contributed by atoms with Crippen LogP contribution in [0, 0.1) is 10.1 Å². The highest BCUT2D eigenvalue weighted by molar-refractivity contribution is 7.98. The highest BCUT2D eigenvalue weighted by atomic mass is 35.5. The summed E-state index contributed by atoms with van der Waals surface area (Å²) in [6.45, 7) is 4.00. The van der Waals surface area contributed by atoms with Gasteiger partial charge in [-0.25, -0.2) is 3.74 Å². The minimum atomic E-state index is -0.440. The lowest BCUT2D eigenvalue weighted by atomic mass is 10.2. The van der Waals surface area contributed by atoms with Gasteiger partial charge in [0.25, 0.3) is 5.69 Å². The van der Waals surface area contributed by atoms with Gasteiger partial charge in [-0.15, -0.1) is 0 Å². The first kappa shape index (κ1) is 15.0. The number of nitrogens with zero attached hydrogens (tertiary/aromatic N) is 1. The van der Waals surface area contributed by atoms with Gasteiger partial charge >= 0.3 is 0 Å². The number of rotatable bonds is 4. The van der Waals surface area contributed by atoms with Gasteiger partial charge in [-0.2, -0.15) is 0 Å². The number of halogens is 1. The number of benzene rings is 1. The molecule has 0 saturated carbocycles. The van der Waals surface area contributed by atoms with Crippen molar-refractivity contribution >= 4 is 35.7 Å². The Morgan fingerprint density at radius 2 is 1.94 bits per heavy atom. The summed E-state index contributed by atoms with van der Waals surface area (Å²) >= 11 is 5.92. The Bertz CT molecular complexity index is 340. The Hall–Kier alpha value is -1.04. The number of nitro groups is 1. The highest BCUT2D eigenvalue weighted by Gasteiger charge is 2.01. The number of non-ortho nitro benzene ring substituents is 1. The van der Waals surface area contributed by atoms with Crippen LogP contribution in [0.15, 0.2) is 29.7 Å². The summed E-state index contributed by atoms with van der Waals surface area (Å²) in [5, 5.41) is 12.0. The van der Waals surface area contributed by atoms with Crippen LogP contribution < -0.4 is 0 Å². The molecule has 4 nitrogen and oxygen atoms in total. The van der Waals surface area contributed by atoms with E-state index >= 15 is 0 Å². The SMILES string of the molecule is CC.O=[N+]([O-])c1ccc(/C=C/SOCl)cc1. The molecule has 0 atom stereocenters. The molecule has 6 heteroatoms. The van der Waals surface area contributed by atoms with Crippen molar-refractivity contribution in [2.75, 3.05) is 0 Å². The molecular weight excluding hydrogens is 250 g/mol. The number of hydrogen-bond acceptors (Lipinski definition) is 4. The van der Waals surface area contributed by atoms with Crippen molar-refractivity contribution < 1.29 is 8.66 Å². The summed E-state index contributed by atoms with van der Waals surface area (Å²) in [5.41, 5.74) is 0.917. The maximum Gasteiger partial charge on any atom is 0.269 e. The van der Waals surface area contributed by atoms with Gasteiger partial charge in [-0.3, -0.25) is 10.1 Å². The Labute approximate surface area is 104 Å². The lowest BCUT2D eigenvalue weighted by Crippen LogP contribution is -1.86. The molecule has 0 aromatic heterocycles. The topological polar surface area (TPSA) is 52.4 Å². The second kappa shape index (κ2) is 9.21. The number of hydrogen-bond donors (Lipinski definition) is 0. The summed E-state index contributed by atoms with van der Waals surface area (Å²) < 4.78 is 4.22. The van der Waals surface area contributed by atoms with E-state index in [0.717, 1.165) is 17.6 Å². The van der Waals surface area contributed by atoms with Gasteiger partial charge in [0.1, 0.15) is 0 Å². The van der Waals surface area contributed by atoms with Crippen molar-refractivity contribution in [3.05, 3.63) is 45.4 Å². The van der Waals surface area contributed by atoms with Crippen LogP contribution in [0.4, 0.5) is 5.69 Å². The van der Waals surface area contributed by atoms with Crippen LogP contribution in [0.2, 0.25) is 0 Å². The van der Waals surface area contributed by atoms with Crippen molar-refractivity contribution in [3.63, 3.8) is 0 Å². The van der Waals surface area contributed by atoms with E-state index in [9.17, 15) is 10.1 Å². The van der Waals surface area contributed by atoms with Gasteiger partial charge in [0.15, 0.2) is 0 Å². The largest absolute Gasteiger partial charge is 0.269 e. The zero-order valence-electron chi connectivity index (χ0n) is 8.92. The standard InChI is InChI=1S/C8H6ClNO3S.C2H6/c9-13-14-6-5-7-1-3-8(4-2-7)10(11)12;1-2/h1-6H;1-2H3/b6-5+;. The van der Waals surface area contributed by atoms with Crippen molar-refractivity contribution in [1.82, 2.24) is 0 Å². The maximum atomic E-state index is 10.3. The molecule has 0 aliphatic rings. The summed E-state index contributed by atoms with van der Waals surface area (Å²) in [4.78, 5) is 9.88. The molecule has 1 rings (SSSR count). The minimum absolute atomic E-state index is 0.0726. The quantitative estimate of drug-likeness (QED) is 0.458. The molecule has 1 aromatic carbocycles. The second-order valence-electron chi connectivity index (χ2n) is 2.31. The molecule has 0 unspecified atom stereocenters. The van der Waals surface area contributed by atoms with Gasteiger partial charge in [0, 0.05) is 29.6 Å². The van der Waals surface area contributed by atoms with Gasteiger partial charge in [-0.1, -0.05) is 13.8 Å². The molecule has 0 aliphatic carbocycles. The van der Waals surface area contributed by atoms with E-state index in [1.165, 1.54) is 12.1 Å². The Balaban J connectivity index is 0.00000106. The van der Waals surface area contributed by atoms with Gasteiger partial charge in [-0.05, 0) is 23.8 Å². The molecule has 0 spiro atoms. The highest BCUT2D eigenvalue weighted by Crippen LogP contribution is 2.15. The van der Waals surface area contributed by atoms with Crippen LogP contribution >= 0.6 is 23.9 Å². The van der Waals surface area contributed by atoms with Crippen molar-refractivity contribution in [2.45, 2.75) is 13.8 Å². The monoisotopic (exact) mass is 261 g/mol. The molecule has 0 aliphatic heterocycles. The lowest BCUT2D eigenvalue weighted by molar-refractivity contribution is -0.384. The third-order valence-corrected chi connectivity index (χ3v) is 1.99. The van der Waals surface area contributed by atoms with E-state index in [0.29, 0.717) is 0 Å². The molecule has 0 bridgehead atoms. The van der Waals surface area contributed by atoms with Crippen LogP contribution in [-0.2, 0) is 3.74 Å². The normalized spacial score (nSPS) is 9.69. The summed E-state index contributed by atoms with van der Waals surface area (Å²) in [5.74, 6) is 0. The first-order valence-electron chi connectivity index (χ1n) is 4.59. The molecule has 0 saturated heterocycles.